The number of likely N-dealkylation sites (N-methyl/N-ethyl adjacent to an activating group) is 1. The molecule has 14 nitrogen and oxygen atoms in total. The molecule has 9 N–H and O–H groups in total. The van der Waals surface area contributed by atoms with Crippen molar-refractivity contribution in [1.29, 1.82) is 0 Å². The van der Waals surface area contributed by atoms with Gasteiger partial charge in [0.15, 0.2) is 11.4 Å². The number of carbonyl (C=O) groups is 5. The van der Waals surface area contributed by atoms with E-state index in [9.17, 15) is 49.5 Å². The minimum atomic E-state index is -2.75. The zero-order valence-corrected chi connectivity index (χ0v) is 22.4. The molecular weight excluding hydrogens is 542 g/mol. The first kappa shape index (κ1) is 29.7. The number of aromatic hydroxyl groups is 1. The van der Waals surface area contributed by atoms with Crippen molar-refractivity contribution in [2.24, 2.45) is 17.6 Å². The van der Waals surface area contributed by atoms with Gasteiger partial charge in [-0.3, -0.25) is 24.1 Å². The summed E-state index contributed by atoms with van der Waals surface area (Å²) in [6.07, 6.45) is 0.569. The highest BCUT2D eigenvalue weighted by Gasteiger charge is 2.66. The number of rotatable bonds is 3. The number of nitrogens with two attached hydrogens (primary N) is 1. The van der Waals surface area contributed by atoms with E-state index in [4.69, 9.17) is 10.8 Å². The van der Waals surface area contributed by atoms with Crippen molar-refractivity contribution in [1.82, 2.24) is 10.2 Å². The Bertz CT molecular complexity index is 1440. The molecular formula is C27H31N3O11. The number of ketones is 2. The van der Waals surface area contributed by atoms with Crippen molar-refractivity contribution in [2.45, 2.75) is 49.5 Å². The summed E-state index contributed by atoms with van der Waals surface area (Å²) < 4.78 is 0. The third-order valence-electron chi connectivity index (χ3n) is 8.31. The molecule has 41 heavy (non-hydrogen) atoms. The first-order valence-corrected chi connectivity index (χ1v) is 12.7. The van der Waals surface area contributed by atoms with Gasteiger partial charge >= 0.3 is 5.97 Å². The van der Waals surface area contributed by atoms with E-state index in [1.54, 1.807) is 0 Å². The lowest BCUT2D eigenvalue weighted by molar-refractivity contribution is -0.159. The van der Waals surface area contributed by atoms with Crippen LogP contribution in [-0.4, -0.2) is 96.7 Å². The predicted octanol–water partition coefficient (Wildman–Crippen LogP) is -1.02. The van der Waals surface area contributed by atoms with Crippen LogP contribution in [0.2, 0.25) is 0 Å². The first-order valence-electron chi connectivity index (χ1n) is 12.7. The van der Waals surface area contributed by atoms with E-state index < -0.39 is 87.0 Å². The normalized spacial score (nSPS) is 32.5. The average Bonchev–Trinajstić information content (AvgIpc) is 3.31. The number of benzene rings is 1. The van der Waals surface area contributed by atoms with E-state index in [-0.39, 0.29) is 23.5 Å². The number of aliphatic hydroxyl groups excluding tert-OH is 2. The molecule has 0 aromatic heterocycles. The lowest BCUT2D eigenvalue weighted by Crippen LogP contribution is -2.67. The molecule has 220 valence electrons. The van der Waals surface area contributed by atoms with Crippen LogP contribution in [0.1, 0.15) is 37.3 Å². The molecule has 0 spiro atoms. The van der Waals surface area contributed by atoms with Crippen LogP contribution in [0.3, 0.4) is 0 Å². The monoisotopic (exact) mass is 573 g/mol. The molecule has 2 fully saturated rings. The lowest BCUT2D eigenvalue weighted by Gasteiger charge is -2.53. The van der Waals surface area contributed by atoms with Crippen LogP contribution >= 0.6 is 0 Å². The average molecular weight is 574 g/mol. The number of Topliss-reactive ketones (excluding diaryl/α,β-unsaturated/α-hetero) is 2. The Balaban J connectivity index is 0.000000367. The van der Waals surface area contributed by atoms with Gasteiger partial charge in [0, 0.05) is 23.8 Å². The van der Waals surface area contributed by atoms with E-state index in [0.717, 1.165) is 0 Å². The number of nitrogens with zero attached hydrogens (tertiary/aromatic N) is 1. The summed E-state index contributed by atoms with van der Waals surface area (Å²) >= 11 is 0. The standard InChI is InChI=1S/C22H24N2O8.C5H7NO3/c1-21(31)8-5-4-6-11(25)12(8)16(26)13-9(21)7-10-15(24(2)3)17(27)14(20(23)30)19(29)22(10,32)18(13)28;7-4-2-1-3(6-4)5(8)9/h4-6,9-10,15,25-26,29,31-32H,7H2,1-3H3,(H2,23,30);3H,1-2H2,(H,6,7)(H,8,9)/t9-,10-,15-,21-,22-;3-/m00/s1. The molecule has 1 heterocycles. The molecule has 1 aromatic rings. The van der Waals surface area contributed by atoms with Gasteiger partial charge < -0.3 is 41.7 Å². The van der Waals surface area contributed by atoms with Crippen LogP contribution < -0.4 is 11.1 Å². The summed E-state index contributed by atoms with van der Waals surface area (Å²) in [4.78, 5) is 60.5. The Morgan fingerprint density at radius 1 is 1.10 bits per heavy atom. The zero-order valence-electron chi connectivity index (χ0n) is 22.4. The number of carboxylic acids is 1. The Labute approximate surface area is 233 Å². The summed E-state index contributed by atoms with van der Waals surface area (Å²) in [6, 6.07) is 2.37. The fraction of sp³-hybridized carbons (Fsp3) is 0.444. The molecule has 1 saturated carbocycles. The van der Waals surface area contributed by atoms with E-state index in [1.807, 2.05) is 0 Å². The molecule has 4 aliphatic rings. The molecule has 1 saturated heterocycles. The highest BCUT2D eigenvalue weighted by Crippen LogP contribution is 2.57. The number of primary amides is 1. The van der Waals surface area contributed by atoms with Crippen LogP contribution in [-0.2, 0) is 29.6 Å². The number of aliphatic carboxylic acids is 1. The minimum absolute atomic E-state index is 0.164. The quantitative estimate of drug-likeness (QED) is 0.202. The van der Waals surface area contributed by atoms with E-state index >= 15 is 0 Å². The second-order valence-electron chi connectivity index (χ2n) is 11.0. The number of hydrogen-bond donors (Lipinski definition) is 8. The van der Waals surface area contributed by atoms with Crippen LogP contribution in [0.4, 0.5) is 0 Å². The predicted molar refractivity (Wildman–Crippen MR) is 139 cm³/mol. The number of phenolic OH excluding ortho intramolecular Hbond substituents is 1. The van der Waals surface area contributed by atoms with Crippen molar-refractivity contribution in [3.05, 3.63) is 46.2 Å². The fourth-order valence-corrected chi connectivity index (χ4v) is 6.30. The SMILES string of the molecule is CN(C)[C@@H]1C(=O)C(C(N)=O)=C(O)[C@@]2(O)C(=O)C3=C(O)c4c(O)cccc4[C@](C)(O)[C@H]3C[C@@H]12.O=C1CC[C@@H](C(=O)O)N1. The number of carboxylic acid groups (broad SMARTS) is 1. The van der Waals surface area contributed by atoms with Crippen LogP contribution in [0, 0.1) is 11.8 Å². The maximum absolute atomic E-state index is 13.7. The van der Waals surface area contributed by atoms with Crippen molar-refractivity contribution in [3.63, 3.8) is 0 Å². The Morgan fingerprint density at radius 2 is 1.73 bits per heavy atom. The molecule has 0 unspecified atom stereocenters. The molecule has 2 amide bonds. The molecule has 1 aromatic carbocycles. The number of amides is 2. The van der Waals surface area contributed by atoms with Crippen molar-refractivity contribution >= 4 is 35.1 Å². The van der Waals surface area contributed by atoms with Gasteiger partial charge in [0.05, 0.1) is 17.2 Å². The van der Waals surface area contributed by atoms with Crippen LogP contribution in [0.25, 0.3) is 5.76 Å². The molecule has 0 radical (unpaired) electrons. The second-order valence-corrected chi connectivity index (χ2v) is 11.0. The molecule has 14 heteroatoms. The maximum Gasteiger partial charge on any atom is 0.326 e. The van der Waals surface area contributed by atoms with Crippen molar-refractivity contribution < 1.29 is 54.6 Å². The van der Waals surface area contributed by atoms with Gasteiger partial charge in [-0.25, -0.2) is 4.79 Å². The van der Waals surface area contributed by atoms with E-state index in [1.165, 1.54) is 44.1 Å². The number of phenols is 1. The fourth-order valence-electron chi connectivity index (χ4n) is 6.30. The van der Waals surface area contributed by atoms with Crippen LogP contribution in [0.5, 0.6) is 5.75 Å². The smallest absolute Gasteiger partial charge is 0.326 e. The molecule has 0 bridgehead atoms. The highest BCUT2D eigenvalue weighted by molar-refractivity contribution is 6.24. The van der Waals surface area contributed by atoms with E-state index in [0.29, 0.717) is 12.8 Å². The third kappa shape index (κ3) is 4.34. The van der Waals surface area contributed by atoms with Crippen molar-refractivity contribution in [2.75, 3.05) is 14.1 Å². The van der Waals surface area contributed by atoms with E-state index in [2.05, 4.69) is 5.32 Å². The highest BCUT2D eigenvalue weighted by atomic mass is 16.4. The summed E-state index contributed by atoms with van der Waals surface area (Å²) in [7, 11) is 3.01. The first-order chi connectivity index (χ1) is 19.0. The topological polar surface area (TPSA) is 248 Å². The molecule has 3 aliphatic carbocycles. The number of hydrogen-bond acceptors (Lipinski definition) is 11. The lowest BCUT2D eigenvalue weighted by atomic mass is 9.54. The summed E-state index contributed by atoms with van der Waals surface area (Å²) in [6.45, 7) is 1.40. The van der Waals surface area contributed by atoms with Gasteiger partial charge in [-0.05, 0) is 45.5 Å². The molecule has 6 atom stereocenters. The Kier molecular flexibility index (Phi) is 7.23. The third-order valence-corrected chi connectivity index (χ3v) is 8.31. The Morgan fingerprint density at radius 3 is 2.22 bits per heavy atom. The largest absolute Gasteiger partial charge is 0.508 e. The van der Waals surface area contributed by atoms with Gasteiger partial charge in [-0.1, -0.05) is 12.1 Å². The maximum atomic E-state index is 13.7. The summed E-state index contributed by atoms with van der Waals surface area (Å²) in [5.41, 5.74) is -0.548. The number of carbonyl (C=O) groups excluding carboxylic acids is 4. The van der Waals surface area contributed by atoms with Crippen LogP contribution in [0.15, 0.2) is 35.1 Å². The number of nitrogens with one attached hydrogen (secondary N) is 1. The van der Waals surface area contributed by atoms with Gasteiger partial charge in [-0.15, -0.1) is 0 Å². The zero-order chi connectivity index (χ0) is 30.8. The second kappa shape index (κ2) is 9.98. The van der Waals surface area contributed by atoms with Gasteiger partial charge in [0.2, 0.25) is 11.7 Å². The molecule has 5 rings (SSSR count). The van der Waals surface area contributed by atoms with Gasteiger partial charge in [0.25, 0.3) is 5.91 Å². The van der Waals surface area contributed by atoms with Gasteiger partial charge in [0.1, 0.15) is 28.9 Å². The number of fused-ring (bicyclic) bond motifs is 3. The minimum Gasteiger partial charge on any atom is -0.508 e. The summed E-state index contributed by atoms with van der Waals surface area (Å²) in [5.74, 6) is -9.01. The molecule has 1 aliphatic heterocycles. The number of aliphatic hydroxyl groups is 4. The van der Waals surface area contributed by atoms with Gasteiger partial charge in [-0.2, -0.15) is 0 Å². The Hall–Kier alpha value is -4.27. The van der Waals surface area contributed by atoms with Crippen molar-refractivity contribution in [3.8, 4) is 5.75 Å². The summed E-state index contributed by atoms with van der Waals surface area (Å²) in [5, 5.41) is 65.5.